The summed E-state index contributed by atoms with van der Waals surface area (Å²) in [6, 6.07) is 10.0. The molecule has 25 heavy (non-hydrogen) atoms. The van der Waals surface area contributed by atoms with Gasteiger partial charge in [0.1, 0.15) is 6.10 Å². The summed E-state index contributed by atoms with van der Waals surface area (Å²) < 4.78 is 5.79. The van der Waals surface area contributed by atoms with Crippen molar-refractivity contribution >= 4 is 11.6 Å². The fraction of sp³-hybridized carbons (Fsp3) is 0.421. The maximum absolute atomic E-state index is 12.4. The molecule has 0 spiro atoms. The van der Waals surface area contributed by atoms with E-state index in [-0.39, 0.29) is 18.1 Å². The number of carbonyl (C=O) groups excluding carboxylic acids is 1. The lowest BCUT2D eigenvalue weighted by atomic mass is 9.92. The molecule has 1 N–H and O–H groups in total. The highest BCUT2D eigenvalue weighted by Crippen LogP contribution is 2.22. The van der Waals surface area contributed by atoms with Crippen molar-refractivity contribution in [3.05, 3.63) is 48.3 Å². The van der Waals surface area contributed by atoms with Gasteiger partial charge in [-0.1, -0.05) is 0 Å². The van der Waals surface area contributed by atoms with E-state index in [9.17, 15) is 4.79 Å². The Bertz CT molecular complexity index is 680. The molecule has 1 heterocycles. The lowest BCUT2D eigenvalue weighted by Crippen LogP contribution is -2.39. The Morgan fingerprint density at radius 3 is 2.32 bits per heavy atom. The van der Waals surface area contributed by atoms with Gasteiger partial charge in [0.2, 0.25) is 0 Å². The minimum absolute atomic E-state index is 0.0129. The highest BCUT2D eigenvalue weighted by atomic mass is 16.5. The molecule has 1 saturated carbocycles. The molecule has 0 atom stereocenters. The van der Waals surface area contributed by atoms with Crippen LogP contribution in [0.25, 0.3) is 0 Å². The van der Waals surface area contributed by atoms with Crippen molar-refractivity contribution in [2.24, 2.45) is 0 Å². The first-order chi connectivity index (χ1) is 12.1. The summed E-state index contributed by atoms with van der Waals surface area (Å²) >= 11 is 0. The van der Waals surface area contributed by atoms with E-state index in [2.05, 4.69) is 15.3 Å². The summed E-state index contributed by atoms with van der Waals surface area (Å²) in [5.41, 5.74) is 1.78. The summed E-state index contributed by atoms with van der Waals surface area (Å²) in [5.74, 6) is -0.0129. The zero-order valence-corrected chi connectivity index (χ0v) is 14.7. The molecule has 132 valence electrons. The van der Waals surface area contributed by atoms with Gasteiger partial charge in [-0.25, -0.2) is 9.97 Å². The van der Waals surface area contributed by atoms with Crippen LogP contribution in [0.2, 0.25) is 0 Å². The number of rotatable bonds is 5. The number of nitrogens with zero attached hydrogens (tertiary/aromatic N) is 3. The molecule has 0 unspecified atom stereocenters. The van der Waals surface area contributed by atoms with E-state index in [0.29, 0.717) is 11.6 Å². The predicted octanol–water partition coefficient (Wildman–Crippen LogP) is 2.66. The van der Waals surface area contributed by atoms with E-state index in [1.165, 1.54) is 0 Å². The number of carbonyl (C=O) groups is 1. The average Bonchev–Trinajstić information content (AvgIpc) is 2.64. The maximum Gasteiger partial charge on any atom is 0.316 e. The van der Waals surface area contributed by atoms with Gasteiger partial charge in [-0.2, -0.15) is 0 Å². The standard InChI is InChI=1S/C19H24N4O2/c1-23(2)16-8-4-14(5-9-16)18(24)22-15-6-10-17(11-7-15)25-19-20-12-3-13-21-19/h3-5,8-9,12-13,15,17H,6-7,10-11H2,1-2H3,(H,22,24). The van der Waals surface area contributed by atoms with Gasteiger partial charge in [-0.05, 0) is 56.0 Å². The lowest BCUT2D eigenvalue weighted by Gasteiger charge is -2.28. The predicted molar refractivity (Wildman–Crippen MR) is 96.9 cm³/mol. The van der Waals surface area contributed by atoms with Crippen LogP contribution in [0.1, 0.15) is 36.0 Å². The van der Waals surface area contributed by atoms with Crippen molar-refractivity contribution in [1.29, 1.82) is 0 Å². The molecule has 0 bridgehead atoms. The van der Waals surface area contributed by atoms with Gasteiger partial charge in [0.15, 0.2) is 0 Å². The first-order valence-electron chi connectivity index (χ1n) is 8.64. The van der Waals surface area contributed by atoms with Crippen molar-refractivity contribution in [3.8, 4) is 6.01 Å². The molecular formula is C19H24N4O2. The summed E-state index contributed by atoms with van der Waals surface area (Å²) in [5, 5.41) is 3.13. The molecule has 1 aromatic heterocycles. The smallest absolute Gasteiger partial charge is 0.316 e. The second kappa shape index (κ2) is 7.96. The second-order valence-electron chi connectivity index (χ2n) is 6.54. The van der Waals surface area contributed by atoms with E-state index in [0.717, 1.165) is 31.4 Å². The third kappa shape index (κ3) is 4.68. The van der Waals surface area contributed by atoms with Gasteiger partial charge in [0.05, 0.1) is 0 Å². The summed E-state index contributed by atoms with van der Waals surface area (Å²) in [7, 11) is 3.96. The third-order valence-electron chi connectivity index (χ3n) is 4.47. The third-order valence-corrected chi connectivity index (χ3v) is 4.47. The van der Waals surface area contributed by atoms with E-state index in [1.807, 2.05) is 43.3 Å². The van der Waals surface area contributed by atoms with Gasteiger partial charge in [-0.3, -0.25) is 4.79 Å². The fourth-order valence-electron chi connectivity index (χ4n) is 3.00. The lowest BCUT2D eigenvalue weighted by molar-refractivity contribution is 0.0885. The van der Waals surface area contributed by atoms with Crippen LogP contribution in [-0.2, 0) is 0 Å². The highest BCUT2D eigenvalue weighted by molar-refractivity contribution is 5.94. The molecule has 1 fully saturated rings. The maximum atomic E-state index is 12.4. The Morgan fingerprint density at radius 2 is 1.72 bits per heavy atom. The SMILES string of the molecule is CN(C)c1ccc(C(=O)NC2CCC(Oc3ncccn3)CC2)cc1. The fourth-order valence-corrected chi connectivity index (χ4v) is 3.00. The van der Waals surface area contributed by atoms with Crippen molar-refractivity contribution in [3.63, 3.8) is 0 Å². The monoisotopic (exact) mass is 340 g/mol. The molecule has 1 aliphatic carbocycles. The van der Waals surface area contributed by atoms with Crippen LogP contribution in [0.15, 0.2) is 42.7 Å². The summed E-state index contributed by atoms with van der Waals surface area (Å²) in [6.45, 7) is 0. The Kier molecular flexibility index (Phi) is 5.48. The Balaban J connectivity index is 1.47. The molecule has 3 rings (SSSR count). The molecule has 1 amide bonds. The molecule has 0 aliphatic heterocycles. The quantitative estimate of drug-likeness (QED) is 0.906. The van der Waals surface area contributed by atoms with Gasteiger partial charge < -0.3 is 15.0 Å². The average molecular weight is 340 g/mol. The topological polar surface area (TPSA) is 67.4 Å². The first-order valence-corrected chi connectivity index (χ1v) is 8.64. The zero-order valence-electron chi connectivity index (χ0n) is 14.7. The number of nitrogens with one attached hydrogen (secondary N) is 1. The molecule has 6 nitrogen and oxygen atoms in total. The van der Waals surface area contributed by atoms with Crippen molar-refractivity contribution in [2.45, 2.75) is 37.8 Å². The number of aromatic nitrogens is 2. The minimum Gasteiger partial charge on any atom is -0.460 e. The van der Waals surface area contributed by atoms with Crippen LogP contribution in [-0.4, -0.2) is 42.1 Å². The zero-order chi connectivity index (χ0) is 17.6. The number of hydrogen-bond donors (Lipinski definition) is 1. The van der Waals surface area contributed by atoms with E-state index in [1.54, 1.807) is 18.5 Å². The Hall–Kier alpha value is -2.63. The number of benzene rings is 1. The normalized spacial score (nSPS) is 19.9. The molecule has 2 aromatic rings. The van der Waals surface area contributed by atoms with Crippen molar-refractivity contribution < 1.29 is 9.53 Å². The second-order valence-corrected chi connectivity index (χ2v) is 6.54. The summed E-state index contributed by atoms with van der Waals surface area (Å²) in [4.78, 5) is 22.6. The van der Waals surface area contributed by atoms with Crippen LogP contribution in [0.3, 0.4) is 0 Å². The molecule has 1 aliphatic rings. The van der Waals surface area contributed by atoms with Crippen LogP contribution < -0.4 is 15.0 Å². The van der Waals surface area contributed by atoms with Crippen molar-refractivity contribution in [1.82, 2.24) is 15.3 Å². The number of hydrogen-bond acceptors (Lipinski definition) is 5. The highest BCUT2D eigenvalue weighted by Gasteiger charge is 2.24. The van der Waals surface area contributed by atoms with Gasteiger partial charge >= 0.3 is 6.01 Å². The van der Waals surface area contributed by atoms with Crippen LogP contribution in [0.5, 0.6) is 6.01 Å². The Morgan fingerprint density at radius 1 is 1.08 bits per heavy atom. The minimum atomic E-state index is -0.0129. The largest absolute Gasteiger partial charge is 0.460 e. The number of ether oxygens (including phenoxy) is 1. The van der Waals surface area contributed by atoms with Gasteiger partial charge in [0.25, 0.3) is 5.91 Å². The molecule has 0 saturated heterocycles. The van der Waals surface area contributed by atoms with Crippen LogP contribution >= 0.6 is 0 Å². The number of anilines is 1. The van der Waals surface area contributed by atoms with Crippen LogP contribution in [0, 0.1) is 0 Å². The summed E-state index contributed by atoms with van der Waals surface area (Å²) in [6.07, 6.45) is 7.06. The van der Waals surface area contributed by atoms with E-state index < -0.39 is 0 Å². The Labute approximate surface area is 148 Å². The van der Waals surface area contributed by atoms with Crippen LogP contribution in [0.4, 0.5) is 5.69 Å². The van der Waals surface area contributed by atoms with E-state index in [4.69, 9.17) is 4.74 Å². The van der Waals surface area contributed by atoms with Gasteiger partial charge in [0, 0.05) is 43.8 Å². The van der Waals surface area contributed by atoms with E-state index >= 15 is 0 Å². The number of amides is 1. The molecular weight excluding hydrogens is 316 g/mol. The van der Waals surface area contributed by atoms with Gasteiger partial charge in [-0.15, -0.1) is 0 Å². The molecule has 6 heteroatoms. The molecule has 1 aromatic carbocycles. The first kappa shape index (κ1) is 17.2. The van der Waals surface area contributed by atoms with Crippen molar-refractivity contribution in [2.75, 3.05) is 19.0 Å². The molecule has 0 radical (unpaired) electrons.